The molecule has 4 heteroatoms. The molecule has 0 amide bonds. The molecule has 10 fully saturated rings. The summed E-state index contributed by atoms with van der Waals surface area (Å²) < 4.78 is 24.2. The van der Waals surface area contributed by atoms with Crippen LogP contribution in [0, 0.1) is 35.5 Å². The van der Waals surface area contributed by atoms with Gasteiger partial charge in [-0.2, -0.15) is 0 Å². The van der Waals surface area contributed by atoms with E-state index in [1.807, 2.05) is 0 Å². The Bertz CT molecular complexity index is 1180. The lowest BCUT2D eigenvalue weighted by Crippen LogP contribution is -2.49. The van der Waals surface area contributed by atoms with E-state index in [9.17, 15) is 0 Å². The number of rotatable bonds is 8. The zero-order valence-electron chi connectivity index (χ0n) is 23.9. The zero-order valence-corrected chi connectivity index (χ0v) is 23.9. The van der Waals surface area contributed by atoms with Crippen molar-refractivity contribution in [2.45, 2.75) is 100 Å². The molecule has 8 aliphatic carbocycles. The van der Waals surface area contributed by atoms with Crippen molar-refractivity contribution in [1.82, 2.24) is 0 Å². The molecule has 2 aliphatic heterocycles. The van der Waals surface area contributed by atoms with E-state index in [1.54, 1.807) is 11.1 Å². The normalized spacial score (nSPS) is 45.3. The molecule has 2 heterocycles. The molecule has 40 heavy (non-hydrogen) atoms. The second-order valence-corrected chi connectivity index (χ2v) is 16.0. The van der Waals surface area contributed by atoms with Gasteiger partial charge in [-0.25, -0.2) is 0 Å². The van der Waals surface area contributed by atoms with Gasteiger partial charge >= 0.3 is 0 Å². The molecular formula is C36H44O4. The van der Waals surface area contributed by atoms with E-state index in [-0.39, 0.29) is 12.2 Å². The summed E-state index contributed by atoms with van der Waals surface area (Å²) in [5.41, 5.74) is 3.79. The molecule has 0 aromatic heterocycles. The molecule has 0 spiro atoms. The Morgan fingerprint density at radius 2 is 0.850 bits per heavy atom. The minimum Gasteiger partial charge on any atom is -0.491 e. The highest BCUT2D eigenvalue weighted by atomic mass is 16.6. The van der Waals surface area contributed by atoms with Gasteiger partial charge in [0.05, 0.1) is 13.2 Å². The molecule has 10 aliphatic rings. The average molecular weight is 541 g/mol. The minimum absolute atomic E-state index is 0.279. The zero-order chi connectivity index (χ0) is 26.1. The number of hydrogen-bond acceptors (Lipinski definition) is 4. The average Bonchev–Trinajstić information content (AvgIpc) is 3.84. The molecule has 8 bridgehead atoms. The smallest absolute Gasteiger partial charge is 0.120 e. The molecule has 2 unspecified atom stereocenters. The van der Waals surface area contributed by atoms with Crippen molar-refractivity contribution >= 4 is 10.8 Å². The Kier molecular flexibility index (Phi) is 4.99. The maximum absolute atomic E-state index is 6.56. The Hall–Kier alpha value is -1.78. The summed E-state index contributed by atoms with van der Waals surface area (Å²) in [4.78, 5) is 0. The Morgan fingerprint density at radius 3 is 1.15 bits per heavy atom. The molecule has 212 valence electrons. The van der Waals surface area contributed by atoms with Crippen LogP contribution in [0.1, 0.15) is 88.2 Å². The van der Waals surface area contributed by atoms with Crippen LogP contribution in [0.2, 0.25) is 0 Å². The summed E-state index contributed by atoms with van der Waals surface area (Å²) in [6.07, 6.45) is 17.6. The summed E-state index contributed by atoms with van der Waals surface area (Å²) in [7, 11) is 0. The first-order chi connectivity index (χ1) is 19.6. The van der Waals surface area contributed by atoms with Crippen LogP contribution in [0.5, 0.6) is 11.5 Å². The molecular weight excluding hydrogens is 496 g/mol. The second kappa shape index (κ2) is 8.40. The van der Waals surface area contributed by atoms with E-state index < -0.39 is 0 Å². The molecule has 12 rings (SSSR count). The summed E-state index contributed by atoms with van der Waals surface area (Å²) in [5.74, 6) is 7.67. The quantitative estimate of drug-likeness (QED) is 0.329. The van der Waals surface area contributed by atoms with Crippen molar-refractivity contribution in [3.8, 4) is 11.5 Å². The maximum atomic E-state index is 6.56. The van der Waals surface area contributed by atoms with E-state index in [0.717, 1.165) is 60.2 Å². The molecule has 2 saturated heterocycles. The third-order valence-electron chi connectivity index (χ3n) is 12.9. The maximum Gasteiger partial charge on any atom is 0.120 e. The highest BCUT2D eigenvalue weighted by Crippen LogP contribution is 2.64. The fourth-order valence-electron chi connectivity index (χ4n) is 12.0. The largest absolute Gasteiger partial charge is 0.491 e. The van der Waals surface area contributed by atoms with Crippen LogP contribution in [0.25, 0.3) is 10.8 Å². The number of fused-ring (bicyclic) bond motifs is 1. The first-order valence-electron chi connectivity index (χ1n) is 16.7. The summed E-state index contributed by atoms with van der Waals surface area (Å²) in [5, 5.41) is 2.97. The van der Waals surface area contributed by atoms with Crippen LogP contribution in [-0.2, 0) is 20.3 Å². The first kappa shape index (κ1) is 23.7. The lowest BCUT2D eigenvalue weighted by atomic mass is 9.47. The number of epoxide rings is 2. The molecule has 2 aromatic rings. The van der Waals surface area contributed by atoms with Crippen molar-refractivity contribution in [2.75, 3.05) is 26.4 Å². The Morgan fingerprint density at radius 1 is 0.525 bits per heavy atom. The highest BCUT2D eigenvalue weighted by Gasteiger charge is 2.54. The van der Waals surface area contributed by atoms with Crippen LogP contribution < -0.4 is 9.47 Å². The molecule has 0 N–H and O–H groups in total. The van der Waals surface area contributed by atoms with Gasteiger partial charge in [-0.3, -0.25) is 0 Å². The fraction of sp³-hybridized carbons (Fsp3) is 0.722. The standard InChI is InChI=1S/C36H44O4/c1-21-2-23-3-22(1)12-35(11-21,13-23)33-9-27(37-17-29-19-39-29)8-32-31(33)7-28(38-18-30-20-40-30)10-34(32)36-14-24-4-25(15-36)6-26(5-24)16-36/h7-10,21-26,29-30H,1-6,11-20H2. The van der Waals surface area contributed by atoms with E-state index in [2.05, 4.69) is 24.3 Å². The summed E-state index contributed by atoms with van der Waals surface area (Å²) in [6.45, 7) is 3.06. The highest BCUT2D eigenvalue weighted by molar-refractivity contribution is 5.93. The predicted molar refractivity (Wildman–Crippen MR) is 154 cm³/mol. The third kappa shape index (κ3) is 3.84. The van der Waals surface area contributed by atoms with Crippen LogP contribution >= 0.6 is 0 Å². The van der Waals surface area contributed by atoms with E-state index in [1.165, 1.54) is 87.8 Å². The van der Waals surface area contributed by atoms with Crippen molar-refractivity contribution in [2.24, 2.45) is 35.5 Å². The second-order valence-electron chi connectivity index (χ2n) is 16.0. The van der Waals surface area contributed by atoms with E-state index >= 15 is 0 Å². The van der Waals surface area contributed by atoms with Crippen LogP contribution in [0.15, 0.2) is 24.3 Å². The van der Waals surface area contributed by atoms with Gasteiger partial charge in [0.25, 0.3) is 0 Å². The van der Waals surface area contributed by atoms with Gasteiger partial charge in [0.15, 0.2) is 0 Å². The van der Waals surface area contributed by atoms with Gasteiger partial charge in [-0.15, -0.1) is 0 Å². The number of hydrogen-bond donors (Lipinski definition) is 0. The third-order valence-corrected chi connectivity index (χ3v) is 12.9. The van der Waals surface area contributed by atoms with Crippen LogP contribution in [0.3, 0.4) is 0 Å². The number of ether oxygens (including phenoxy) is 4. The van der Waals surface area contributed by atoms with Crippen molar-refractivity contribution in [3.63, 3.8) is 0 Å². The molecule has 4 nitrogen and oxygen atoms in total. The van der Waals surface area contributed by atoms with E-state index in [4.69, 9.17) is 18.9 Å². The molecule has 8 saturated carbocycles. The van der Waals surface area contributed by atoms with Crippen LogP contribution in [-0.4, -0.2) is 38.6 Å². The van der Waals surface area contributed by atoms with Crippen LogP contribution in [0.4, 0.5) is 0 Å². The van der Waals surface area contributed by atoms with Gasteiger partial charge < -0.3 is 18.9 Å². The van der Waals surface area contributed by atoms with Crippen molar-refractivity contribution < 1.29 is 18.9 Å². The number of benzene rings is 2. The Labute approximate surface area is 238 Å². The lowest BCUT2D eigenvalue weighted by molar-refractivity contribution is -0.00533. The van der Waals surface area contributed by atoms with Crippen molar-refractivity contribution in [3.05, 3.63) is 35.4 Å². The van der Waals surface area contributed by atoms with Gasteiger partial charge in [-0.1, -0.05) is 0 Å². The summed E-state index contributed by atoms with van der Waals surface area (Å²) in [6, 6.07) is 9.83. The van der Waals surface area contributed by atoms with Gasteiger partial charge in [0.1, 0.15) is 36.9 Å². The fourth-order valence-corrected chi connectivity index (χ4v) is 12.0. The lowest BCUT2D eigenvalue weighted by Gasteiger charge is -2.58. The van der Waals surface area contributed by atoms with Gasteiger partial charge in [0, 0.05) is 0 Å². The first-order valence-corrected chi connectivity index (χ1v) is 16.7. The molecule has 2 aromatic carbocycles. The van der Waals surface area contributed by atoms with Gasteiger partial charge in [0.2, 0.25) is 0 Å². The summed E-state index contributed by atoms with van der Waals surface area (Å²) >= 11 is 0. The topological polar surface area (TPSA) is 43.5 Å². The van der Waals surface area contributed by atoms with E-state index in [0.29, 0.717) is 24.0 Å². The SMILES string of the molecule is c1c(OCC2CO2)cc2c(C34CC5CC(CC(C5)C3)C4)cc(OCC3CO3)cc2c1C12CC3CC(CC(C3)C1)C2. The monoisotopic (exact) mass is 540 g/mol. The predicted octanol–water partition coefficient (Wildman–Crippen LogP) is 7.33. The Balaban J connectivity index is 1.17. The molecule has 2 atom stereocenters. The minimum atomic E-state index is 0.279. The van der Waals surface area contributed by atoms with Gasteiger partial charge in [-0.05, 0) is 170 Å². The molecule has 0 radical (unpaired) electrons. The van der Waals surface area contributed by atoms with Crippen molar-refractivity contribution in [1.29, 1.82) is 0 Å².